The number of hydrogen-bond acceptors (Lipinski definition) is 6. The second kappa shape index (κ2) is 6.77. The van der Waals surface area contributed by atoms with Crippen molar-refractivity contribution in [1.82, 2.24) is 14.6 Å². The molecule has 0 unspecified atom stereocenters. The average Bonchev–Trinajstić information content (AvgIpc) is 3.35. The molecule has 4 rings (SSSR count). The summed E-state index contributed by atoms with van der Waals surface area (Å²) in [6.45, 7) is 3.93. The van der Waals surface area contributed by atoms with Crippen molar-refractivity contribution in [3.8, 4) is 17.4 Å². The van der Waals surface area contributed by atoms with E-state index >= 15 is 0 Å². The number of fused-ring (bicyclic) bond motifs is 1. The number of rotatable bonds is 5. The van der Waals surface area contributed by atoms with Gasteiger partial charge in [0.2, 0.25) is 10.8 Å². The quantitative estimate of drug-likeness (QED) is 0.709. The summed E-state index contributed by atoms with van der Waals surface area (Å²) in [6.07, 6.45) is 2.36. The number of aryl methyl sites for hydroxylation is 1. The fourth-order valence-electron chi connectivity index (χ4n) is 3.77. The molecule has 3 aromatic rings. The highest BCUT2D eigenvalue weighted by Gasteiger charge is 2.36. The third kappa shape index (κ3) is 2.79. The van der Waals surface area contributed by atoms with Gasteiger partial charge >= 0.3 is 0 Å². The number of aromatic hydroxyl groups is 1. The maximum atomic E-state index is 10.9. The summed E-state index contributed by atoms with van der Waals surface area (Å²) in [5.41, 5.74) is 1.01. The molecule has 26 heavy (non-hydrogen) atoms. The van der Waals surface area contributed by atoms with Gasteiger partial charge in [-0.05, 0) is 25.1 Å². The number of nitrogens with zero attached hydrogens (tertiary/aromatic N) is 3. The van der Waals surface area contributed by atoms with Crippen molar-refractivity contribution in [2.24, 2.45) is 0 Å². The number of aromatic nitrogens is 3. The Morgan fingerprint density at radius 3 is 2.65 bits per heavy atom. The normalized spacial score (nSPS) is 16.3. The lowest BCUT2D eigenvalue weighted by atomic mass is 10.0. The first-order chi connectivity index (χ1) is 12.6. The number of nitrogens with one attached hydrogen (secondary N) is 1. The standard InChI is InChI=1S/C18H22N4O3S/c1-11-19-18-22(20-11)17(23)16(26-18)15(21-8-4-5-9-21)13-10-12(24-2)6-7-14(13)25-3/h6-7,10,15,23H,4-5,8-9H2,1-3H3/p+1/t15-/m0/s1. The molecule has 1 aliphatic rings. The summed E-state index contributed by atoms with van der Waals surface area (Å²) >= 11 is 1.49. The van der Waals surface area contributed by atoms with Crippen molar-refractivity contribution in [3.63, 3.8) is 0 Å². The van der Waals surface area contributed by atoms with Gasteiger partial charge < -0.3 is 19.5 Å². The molecular formula is C18H23N4O3S+. The maximum Gasteiger partial charge on any atom is 0.235 e. The van der Waals surface area contributed by atoms with Crippen LogP contribution in [-0.2, 0) is 0 Å². The van der Waals surface area contributed by atoms with E-state index in [2.05, 4.69) is 10.1 Å². The monoisotopic (exact) mass is 375 g/mol. The summed E-state index contributed by atoms with van der Waals surface area (Å²) in [5, 5.41) is 15.2. The van der Waals surface area contributed by atoms with Gasteiger partial charge in [0.25, 0.3) is 0 Å². The molecule has 7 nitrogen and oxygen atoms in total. The third-order valence-electron chi connectivity index (χ3n) is 4.97. The molecular weight excluding hydrogens is 352 g/mol. The molecule has 1 fully saturated rings. The van der Waals surface area contributed by atoms with E-state index in [-0.39, 0.29) is 11.9 Å². The van der Waals surface area contributed by atoms with Crippen LogP contribution >= 0.6 is 11.3 Å². The van der Waals surface area contributed by atoms with Crippen LogP contribution < -0.4 is 14.4 Å². The number of quaternary nitrogens is 1. The van der Waals surface area contributed by atoms with Crippen LogP contribution in [0.2, 0.25) is 0 Å². The summed E-state index contributed by atoms with van der Waals surface area (Å²) in [4.78, 5) is 7.40. The molecule has 2 aromatic heterocycles. The lowest BCUT2D eigenvalue weighted by Gasteiger charge is -2.25. The molecule has 2 N–H and O–H groups in total. The second-order valence-corrected chi connectivity index (χ2v) is 7.56. The van der Waals surface area contributed by atoms with Crippen LogP contribution in [0.1, 0.15) is 35.1 Å². The zero-order chi connectivity index (χ0) is 18.3. The molecule has 0 saturated carbocycles. The van der Waals surface area contributed by atoms with E-state index in [4.69, 9.17) is 9.47 Å². The van der Waals surface area contributed by atoms with Gasteiger partial charge in [-0.25, -0.2) is 4.98 Å². The van der Waals surface area contributed by atoms with E-state index < -0.39 is 0 Å². The van der Waals surface area contributed by atoms with Crippen LogP contribution in [-0.4, -0.2) is 47.0 Å². The molecule has 0 radical (unpaired) electrons. The van der Waals surface area contributed by atoms with Gasteiger partial charge in [-0.15, -0.1) is 5.10 Å². The van der Waals surface area contributed by atoms with Gasteiger partial charge in [0.15, 0.2) is 6.04 Å². The third-order valence-corrected chi connectivity index (χ3v) is 6.05. The lowest BCUT2D eigenvalue weighted by Crippen LogP contribution is -3.10. The Morgan fingerprint density at radius 1 is 1.23 bits per heavy atom. The van der Waals surface area contributed by atoms with E-state index in [1.807, 2.05) is 25.1 Å². The number of likely N-dealkylation sites (tertiary alicyclic amines) is 1. The summed E-state index contributed by atoms with van der Waals surface area (Å²) in [7, 11) is 3.33. The van der Waals surface area contributed by atoms with E-state index in [0.717, 1.165) is 35.0 Å². The Morgan fingerprint density at radius 2 is 2.00 bits per heavy atom. The van der Waals surface area contributed by atoms with Gasteiger partial charge in [-0.2, -0.15) is 4.52 Å². The van der Waals surface area contributed by atoms with Crippen molar-refractivity contribution in [2.75, 3.05) is 27.3 Å². The van der Waals surface area contributed by atoms with Crippen LogP contribution in [0.5, 0.6) is 17.4 Å². The number of thiazole rings is 1. The predicted molar refractivity (Wildman–Crippen MR) is 98.6 cm³/mol. The molecule has 1 saturated heterocycles. The van der Waals surface area contributed by atoms with Gasteiger partial charge in [-0.3, -0.25) is 0 Å². The van der Waals surface area contributed by atoms with E-state index in [9.17, 15) is 5.11 Å². The Hall–Kier alpha value is -2.32. The Labute approximate surface area is 155 Å². The molecule has 0 amide bonds. The molecule has 3 heterocycles. The molecule has 1 aromatic carbocycles. The molecule has 0 bridgehead atoms. The van der Waals surface area contributed by atoms with Crippen LogP contribution in [0, 0.1) is 6.92 Å². The summed E-state index contributed by atoms with van der Waals surface area (Å²) in [6, 6.07) is 5.78. The van der Waals surface area contributed by atoms with E-state index in [1.54, 1.807) is 14.2 Å². The highest BCUT2D eigenvalue weighted by Crippen LogP contribution is 2.39. The van der Waals surface area contributed by atoms with E-state index in [1.165, 1.54) is 33.6 Å². The SMILES string of the molecule is COc1ccc(OC)c([C@@H](c2sc3nc(C)nn3c2O)[NH+]2CCCC2)c1. The fraction of sp³-hybridized carbons (Fsp3) is 0.444. The number of ether oxygens (including phenoxy) is 2. The van der Waals surface area contributed by atoms with Crippen molar-refractivity contribution >= 4 is 16.3 Å². The van der Waals surface area contributed by atoms with Gasteiger partial charge in [0.05, 0.1) is 32.9 Å². The highest BCUT2D eigenvalue weighted by molar-refractivity contribution is 7.17. The zero-order valence-electron chi connectivity index (χ0n) is 15.2. The Balaban J connectivity index is 1.90. The minimum atomic E-state index is -0.0450. The molecule has 8 heteroatoms. The lowest BCUT2D eigenvalue weighted by molar-refractivity contribution is -0.913. The molecule has 0 spiro atoms. The largest absolute Gasteiger partial charge is 0.497 e. The van der Waals surface area contributed by atoms with Crippen molar-refractivity contribution in [1.29, 1.82) is 0 Å². The first-order valence-electron chi connectivity index (χ1n) is 8.74. The highest BCUT2D eigenvalue weighted by atomic mass is 32.1. The molecule has 1 atom stereocenters. The zero-order valence-corrected chi connectivity index (χ0v) is 16.0. The number of hydrogen-bond donors (Lipinski definition) is 2. The van der Waals surface area contributed by atoms with Gasteiger partial charge in [0.1, 0.15) is 22.2 Å². The van der Waals surface area contributed by atoms with Crippen molar-refractivity contribution in [3.05, 3.63) is 34.5 Å². The Kier molecular flexibility index (Phi) is 4.46. The Bertz CT molecular complexity index is 930. The molecule has 138 valence electrons. The molecule has 1 aliphatic heterocycles. The van der Waals surface area contributed by atoms with Crippen LogP contribution in [0.15, 0.2) is 18.2 Å². The molecule has 0 aliphatic carbocycles. The van der Waals surface area contributed by atoms with Gasteiger partial charge in [0, 0.05) is 12.8 Å². The first-order valence-corrected chi connectivity index (χ1v) is 9.55. The fourth-order valence-corrected chi connectivity index (χ4v) is 4.94. The van der Waals surface area contributed by atoms with Crippen molar-refractivity contribution in [2.45, 2.75) is 25.8 Å². The maximum absolute atomic E-state index is 10.9. The topological polar surface area (TPSA) is 73.3 Å². The minimum absolute atomic E-state index is 0.0450. The summed E-state index contributed by atoms with van der Waals surface area (Å²) in [5.74, 6) is 2.39. The number of benzene rings is 1. The minimum Gasteiger partial charge on any atom is -0.497 e. The van der Waals surface area contributed by atoms with Gasteiger partial charge in [-0.1, -0.05) is 11.3 Å². The first kappa shape index (κ1) is 17.1. The van der Waals surface area contributed by atoms with Crippen LogP contribution in [0.4, 0.5) is 0 Å². The van der Waals surface area contributed by atoms with Crippen LogP contribution in [0.25, 0.3) is 4.96 Å². The second-order valence-electron chi connectivity index (χ2n) is 6.55. The predicted octanol–water partition coefficient (Wildman–Crippen LogP) is 1.59. The average molecular weight is 375 g/mol. The smallest absolute Gasteiger partial charge is 0.235 e. The number of methoxy groups -OCH3 is 2. The summed E-state index contributed by atoms with van der Waals surface area (Å²) < 4.78 is 12.6. The van der Waals surface area contributed by atoms with Crippen molar-refractivity contribution < 1.29 is 19.5 Å². The van der Waals surface area contributed by atoms with Crippen LogP contribution in [0.3, 0.4) is 0 Å². The van der Waals surface area contributed by atoms with E-state index in [0.29, 0.717) is 10.8 Å².